The minimum Gasteiger partial charge on any atom is -0.238 e. The van der Waals surface area contributed by atoms with Crippen molar-refractivity contribution in [3.8, 4) is 11.3 Å². The lowest BCUT2D eigenvalue weighted by molar-refractivity contribution is 0.909. The summed E-state index contributed by atoms with van der Waals surface area (Å²) in [5.74, 6) is 1.60. The highest BCUT2D eigenvalue weighted by Gasteiger charge is 2.27. The molecular formula is C14H13BrN2. The van der Waals surface area contributed by atoms with E-state index in [1.807, 2.05) is 31.2 Å². The van der Waals surface area contributed by atoms with E-state index in [0.29, 0.717) is 5.92 Å². The van der Waals surface area contributed by atoms with Gasteiger partial charge >= 0.3 is 0 Å². The third kappa shape index (κ3) is 2.25. The Labute approximate surface area is 109 Å². The molecular weight excluding hydrogens is 276 g/mol. The third-order valence-electron chi connectivity index (χ3n) is 2.96. The van der Waals surface area contributed by atoms with Crippen molar-refractivity contribution < 1.29 is 0 Å². The lowest BCUT2D eigenvalue weighted by Crippen LogP contribution is -1.97. The highest BCUT2D eigenvalue weighted by molar-refractivity contribution is 9.10. The van der Waals surface area contributed by atoms with Crippen molar-refractivity contribution in [2.75, 3.05) is 0 Å². The van der Waals surface area contributed by atoms with Crippen LogP contribution in [0.1, 0.15) is 30.3 Å². The van der Waals surface area contributed by atoms with Crippen LogP contribution in [0.4, 0.5) is 0 Å². The molecule has 1 aromatic heterocycles. The first-order chi connectivity index (χ1) is 8.24. The number of rotatable bonds is 2. The van der Waals surface area contributed by atoms with Crippen LogP contribution in [0.15, 0.2) is 34.8 Å². The summed E-state index contributed by atoms with van der Waals surface area (Å²) in [7, 11) is 0. The summed E-state index contributed by atoms with van der Waals surface area (Å²) in [4.78, 5) is 9.21. The molecule has 0 spiro atoms. The topological polar surface area (TPSA) is 25.8 Å². The van der Waals surface area contributed by atoms with Gasteiger partial charge in [0.1, 0.15) is 5.82 Å². The maximum absolute atomic E-state index is 4.69. The first-order valence-corrected chi connectivity index (χ1v) is 6.64. The van der Waals surface area contributed by atoms with E-state index in [1.54, 1.807) is 0 Å². The Morgan fingerprint density at radius 1 is 1.18 bits per heavy atom. The molecule has 3 heteroatoms. The van der Waals surface area contributed by atoms with Crippen molar-refractivity contribution >= 4 is 15.9 Å². The zero-order valence-electron chi connectivity index (χ0n) is 9.65. The second-order valence-corrected chi connectivity index (χ2v) is 5.36. The van der Waals surface area contributed by atoms with Crippen LogP contribution in [0.5, 0.6) is 0 Å². The highest BCUT2D eigenvalue weighted by atomic mass is 79.9. The molecule has 2 nitrogen and oxygen atoms in total. The Morgan fingerprint density at radius 2 is 1.94 bits per heavy atom. The Hall–Kier alpha value is -1.22. The molecule has 1 fully saturated rings. The summed E-state index contributed by atoms with van der Waals surface area (Å²) in [5, 5.41) is 0. The molecule has 0 bridgehead atoms. The van der Waals surface area contributed by atoms with E-state index in [9.17, 15) is 0 Å². The summed E-state index contributed by atoms with van der Waals surface area (Å²) in [6.45, 7) is 2.04. The van der Waals surface area contributed by atoms with Crippen LogP contribution in [0.25, 0.3) is 11.3 Å². The standard InChI is InChI=1S/C14H13BrN2/c1-9-8-13(11-4-2-3-5-12(11)15)17-14(16-9)10-6-7-10/h2-5,8,10H,6-7H2,1H3. The number of hydrogen-bond acceptors (Lipinski definition) is 2. The minimum absolute atomic E-state index is 0.594. The molecule has 1 aromatic carbocycles. The van der Waals surface area contributed by atoms with Gasteiger partial charge < -0.3 is 0 Å². The Bertz CT molecular complexity index is 562. The predicted octanol–water partition coefficient (Wildman–Crippen LogP) is 4.09. The van der Waals surface area contributed by atoms with Crippen LogP contribution in [0.2, 0.25) is 0 Å². The van der Waals surface area contributed by atoms with Crippen LogP contribution < -0.4 is 0 Å². The SMILES string of the molecule is Cc1cc(-c2ccccc2Br)nc(C2CC2)n1. The second kappa shape index (κ2) is 4.22. The lowest BCUT2D eigenvalue weighted by Gasteiger charge is -2.07. The summed E-state index contributed by atoms with van der Waals surface area (Å²) in [6, 6.07) is 10.2. The molecule has 2 aromatic rings. The zero-order valence-corrected chi connectivity index (χ0v) is 11.2. The molecule has 1 saturated carbocycles. The van der Waals surface area contributed by atoms with Gasteiger partial charge in [-0.3, -0.25) is 0 Å². The van der Waals surface area contributed by atoms with Crippen LogP contribution in [-0.2, 0) is 0 Å². The van der Waals surface area contributed by atoms with Crippen LogP contribution in [0.3, 0.4) is 0 Å². The Balaban J connectivity index is 2.11. The molecule has 1 heterocycles. The van der Waals surface area contributed by atoms with E-state index in [0.717, 1.165) is 27.2 Å². The monoisotopic (exact) mass is 288 g/mol. The first-order valence-electron chi connectivity index (χ1n) is 5.84. The number of halogens is 1. The average molecular weight is 289 g/mol. The molecule has 0 saturated heterocycles. The van der Waals surface area contributed by atoms with Crippen molar-refractivity contribution in [3.63, 3.8) is 0 Å². The van der Waals surface area contributed by atoms with Gasteiger partial charge in [-0.05, 0) is 31.9 Å². The van der Waals surface area contributed by atoms with E-state index in [-0.39, 0.29) is 0 Å². The van der Waals surface area contributed by atoms with Gasteiger partial charge in [-0.15, -0.1) is 0 Å². The number of nitrogens with zero attached hydrogens (tertiary/aromatic N) is 2. The fraction of sp³-hybridized carbons (Fsp3) is 0.286. The summed E-state index contributed by atoms with van der Waals surface area (Å²) in [5.41, 5.74) is 3.21. The van der Waals surface area contributed by atoms with Crippen LogP contribution >= 0.6 is 15.9 Å². The lowest BCUT2D eigenvalue weighted by atomic mass is 10.1. The quantitative estimate of drug-likeness (QED) is 0.832. The average Bonchev–Trinajstić information content (AvgIpc) is 3.12. The summed E-state index contributed by atoms with van der Waals surface area (Å²) >= 11 is 3.57. The summed E-state index contributed by atoms with van der Waals surface area (Å²) in [6.07, 6.45) is 2.47. The molecule has 0 atom stereocenters. The number of hydrogen-bond donors (Lipinski definition) is 0. The van der Waals surface area contributed by atoms with Crippen molar-refractivity contribution in [3.05, 3.63) is 46.3 Å². The Kier molecular flexibility index (Phi) is 2.71. The van der Waals surface area contributed by atoms with Crippen molar-refractivity contribution in [2.24, 2.45) is 0 Å². The van der Waals surface area contributed by atoms with E-state index >= 15 is 0 Å². The minimum atomic E-state index is 0.594. The fourth-order valence-electron chi connectivity index (χ4n) is 1.92. The normalized spacial score (nSPS) is 14.9. The van der Waals surface area contributed by atoms with Gasteiger partial charge in [0.15, 0.2) is 0 Å². The molecule has 0 N–H and O–H groups in total. The van der Waals surface area contributed by atoms with Gasteiger partial charge in [-0.1, -0.05) is 34.1 Å². The third-order valence-corrected chi connectivity index (χ3v) is 3.66. The smallest absolute Gasteiger partial charge is 0.132 e. The predicted molar refractivity (Wildman–Crippen MR) is 71.9 cm³/mol. The molecule has 1 aliphatic rings. The van der Waals surface area contributed by atoms with Crippen molar-refractivity contribution in [1.29, 1.82) is 0 Å². The van der Waals surface area contributed by atoms with E-state index < -0.39 is 0 Å². The van der Waals surface area contributed by atoms with E-state index in [1.165, 1.54) is 12.8 Å². The zero-order chi connectivity index (χ0) is 11.8. The number of aryl methyl sites for hydroxylation is 1. The van der Waals surface area contributed by atoms with Gasteiger partial charge in [-0.25, -0.2) is 9.97 Å². The van der Waals surface area contributed by atoms with Crippen molar-refractivity contribution in [1.82, 2.24) is 9.97 Å². The molecule has 0 aliphatic heterocycles. The van der Waals surface area contributed by atoms with Gasteiger partial charge in [0.05, 0.1) is 5.69 Å². The fourth-order valence-corrected chi connectivity index (χ4v) is 2.41. The molecule has 3 rings (SSSR count). The summed E-state index contributed by atoms with van der Waals surface area (Å²) < 4.78 is 1.08. The van der Waals surface area contributed by atoms with Gasteiger partial charge in [0, 0.05) is 21.6 Å². The molecule has 17 heavy (non-hydrogen) atoms. The highest BCUT2D eigenvalue weighted by Crippen LogP contribution is 2.39. The van der Waals surface area contributed by atoms with E-state index in [4.69, 9.17) is 0 Å². The van der Waals surface area contributed by atoms with Gasteiger partial charge in [0.2, 0.25) is 0 Å². The molecule has 1 aliphatic carbocycles. The Morgan fingerprint density at radius 3 is 2.65 bits per heavy atom. The first kappa shape index (κ1) is 10.9. The molecule has 86 valence electrons. The van der Waals surface area contributed by atoms with Gasteiger partial charge in [0.25, 0.3) is 0 Å². The molecule has 0 radical (unpaired) electrons. The maximum Gasteiger partial charge on any atom is 0.132 e. The van der Waals surface area contributed by atoms with Crippen LogP contribution in [-0.4, -0.2) is 9.97 Å². The largest absolute Gasteiger partial charge is 0.238 e. The number of aromatic nitrogens is 2. The van der Waals surface area contributed by atoms with Crippen LogP contribution in [0, 0.1) is 6.92 Å². The second-order valence-electron chi connectivity index (χ2n) is 4.51. The number of benzene rings is 1. The van der Waals surface area contributed by atoms with Crippen molar-refractivity contribution in [2.45, 2.75) is 25.7 Å². The maximum atomic E-state index is 4.69. The molecule has 0 unspecified atom stereocenters. The van der Waals surface area contributed by atoms with Gasteiger partial charge in [-0.2, -0.15) is 0 Å². The molecule has 0 amide bonds. The van der Waals surface area contributed by atoms with E-state index in [2.05, 4.69) is 32.0 Å².